The Morgan fingerprint density at radius 1 is 1.40 bits per heavy atom. The summed E-state index contributed by atoms with van der Waals surface area (Å²) in [6.45, 7) is 2.91. The van der Waals surface area contributed by atoms with E-state index >= 15 is 0 Å². The molecule has 1 rings (SSSR count). The van der Waals surface area contributed by atoms with Crippen LogP contribution in [-0.2, 0) is 19.1 Å². The van der Waals surface area contributed by atoms with Gasteiger partial charge in [0.25, 0.3) is 5.79 Å². The van der Waals surface area contributed by atoms with Crippen LogP contribution < -0.4 is 5.32 Å². The fourth-order valence-corrected chi connectivity index (χ4v) is 0.977. The van der Waals surface area contributed by atoms with Crippen molar-refractivity contribution < 1.29 is 19.1 Å². The highest BCUT2D eigenvalue weighted by Crippen LogP contribution is 2.21. The van der Waals surface area contributed by atoms with Gasteiger partial charge in [0.15, 0.2) is 5.57 Å². The zero-order chi connectivity index (χ0) is 11.5. The molecule has 1 heterocycles. The zero-order valence-corrected chi connectivity index (χ0v) is 8.36. The Morgan fingerprint density at radius 2 is 1.93 bits per heavy atom. The topological polar surface area (TPSA) is 88.4 Å². The van der Waals surface area contributed by atoms with Crippen LogP contribution in [0.5, 0.6) is 0 Å². The standard InChI is InChI=1S/C9H10N2O4/c1-9(2)14-7(12)6(8(13)15-9)5-11-4-3-10/h5,11H,4H2,1-2H3. The van der Waals surface area contributed by atoms with Crippen molar-refractivity contribution >= 4 is 11.9 Å². The quantitative estimate of drug-likeness (QED) is 0.223. The molecule has 0 aromatic carbocycles. The second-order valence-corrected chi connectivity index (χ2v) is 3.28. The van der Waals surface area contributed by atoms with Crippen molar-refractivity contribution in [2.45, 2.75) is 19.6 Å². The van der Waals surface area contributed by atoms with Gasteiger partial charge >= 0.3 is 11.9 Å². The van der Waals surface area contributed by atoms with E-state index in [1.54, 1.807) is 6.07 Å². The molecule has 0 spiro atoms. The fourth-order valence-electron chi connectivity index (χ4n) is 0.977. The molecule has 15 heavy (non-hydrogen) atoms. The fraction of sp³-hybridized carbons (Fsp3) is 0.444. The minimum Gasteiger partial charge on any atom is -0.419 e. The molecule has 1 N–H and O–H groups in total. The second kappa shape index (κ2) is 4.00. The summed E-state index contributed by atoms with van der Waals surface area (Å²) in [5.74, 6) is -2.76. The number of hydrogen-bond acceptors (Lipinski definition) is 6. The van der Waals surface area contributed by atoms with Crippen molar-refractivity contribution in [1.29, 1.82) is 5.26 Å². The minimum atomic E-state index is -1.24. The smallest absolute Gasteiger partial charge is 0.350 e. The molecule has 0 radical (unpaired) electrons. The minimum absolute atomic E-state index is 0.00650. The van der Waals surface area contributed by atoms with Crippen LogP contribution in [0, 0.1) is 11.3 Å². The first-order chi connectivity index (χ1) is 6.96. The lowest BCUT2D eigenvalue weighted by atomic mass is 10.2. The molecule has 0 unspecified atom stereocenters. The predicted octanol–water partition coefficient (Wildman–Crippen LogP) is -0.180. The maximum Gasteiger partial charge on any atom is 0.350 e. The molecule has 1 fully saturated rings. The summed E-state index contributed by atoms with van der Waals surface area (Å²) >= 11 is 0. The van der Waals surface area contributed by atoms with Crippen molar-refractivity contribution in [3.63, 3.8) is 0 Å². The van der Waals surface area contributed by atoms with Gasteiger partial charge < -0.3 is 14.8 Å². The number of nitrogens with zero attached hydrogens (tertiary/aromatic N) is 1. The van der Waals surface area contributed by atoms with Crippen LogP contribution in [0.4, 0.5) is 0 Å². The van der Waals surface area contributed by atoms with Crippen molar-refractivity contribution in [3.05, 3.63) is 11.8 Å². The Labute approximate surface area is 86.5 Å². The van der Waals surface area contributed by atoms with Crippen LogP contribution in [0.1, 0.15) is 13.8 Å². The van der Waals surface area contributed by atoms with Crippen LogP contribution in [0.15, 0.2) is 11.8 Å². The number of nitrogens with one attached hydrogen (secondary N) is 1. The van der Waals surface area contributed by atoms with Crippen molar-refractivity contribution in [2.75, 3.05) is 6.54 Å². The van der Waals surface area contributed by atoms with Gasteiger partial charge in [-0.25, -0.2) is 9.59 Å². The van der Waals surface area contributed by atoms with E-state index in [-0.39, 0.29) is 12.1 Å². The van der Waals surface area contributed by atoms with E-state index in [0.29, 0.717) is 0 Å². The maximum absolute atomic E-state index is 11.3. The Balaban J connectivity index is 2.76. The number of carbonyl (C=O) groups excluding carboxylic acids is 2. The Kier molecular flexibility index (Phi) is 2.95. The summed E-state index contributed by atoms with van der Waals surface area (Å²) in [7, 11) is 0. The summed E-state index contributed by atoms with van der Waals surface area (Å²) < 4.78 is 9.63. The zero-order valence-electron chi connectivity index (χ0n) is 8.36. The molecule has 0 aromatic heterocycles. The highest BCUT2D eigenvalue weighted by atomic mass is 16.7. The predicted molar refractivity (Wildman–Crippen MR) is 48.0 cm³/mol. The molecule has 1 saturated heterocycles. The Hall–Kier alpha value is -2.03. The van der Waals surface area contributed by atoms with E-state index in [9.17, 15) is 9.59 Å². The van der Waals surface area contributed by atoms with E-state index < -0.39 is 17.7 Å². The molecule has 0 amide bonds. The number of cyclic esters (lactones) is 2. The number of esters is 2. The molecular formula is C9H10N2O4. The van der Waals surface area contributed by atoms with Crippen LogP contribution >= 0.6 is 0 Å². The van der Waals surface area contributed by atoms with Gasteiger partial charge in [0.05, 0.1) is 6.07 Å². The van der Waals surface area contributed by atoms with E-state index in [1.807, 2.05) is 0 Å². The molecule has 0 saturated carbocycles. The number of rotatable bonds is 2. The monoisotopic (exact) mass is 210 g/mol. The Bertz CT molecular complexity index is 343. The van der Waals surface area contributed by atoms with Crippen molar-refractivity contribution in [2.24, 2.45) is 0 Å². The van der Waals surface area contributed by atoms with Gasteiger partial charge in [-0.1, -0.05) is 0 Å². The summed E-state index contributed by atoms with van der Waals surface area (Å²) in [5.41, 5.74) is -0.246. The molecule has 1 aliphatic heterocycles. The summed E-state index contributed by atoms with van der Waals surface area (Å²) in [6.07, 6.45) is 1.11. The van der Waals surface area contributed by atoms with E-state index in [4.69, 9.17) is 14.7 Å². The molecule has 6 heteroatoms. The van der Waals surface area contributed by atoms with E-state index in [1.165, 1.54) is 13.8 Å². The van der Waals surface area contributed by atoms with Gasteiger partial charge in [-0.05, 0) is 0 Å². The van der Waals surface area contributed by atoms with Crippen LogP contribution in [0.2, 0.25) is 0 Å². The summed E-state index contributed by atoms with van der Waals surface area (Å²) in [6, 6.07) is 1.79. The molecular weight excluding hydrogens is 200 g/mol. The number of nitriles is 1. The molecule has 0 bridgehead atoms. The molecule has 0 aromatic rings. The van der Waals surface area contributed by atoms with E-state index in [2.05, 4.69) is 5.32 Å². The average Bonchev–Trinajstić information content (AvgIpc) is 2.08. The van der Waals surface area contributed by atoms with Crippen molar-refractivity contribution in [3.8, 4) is 6.07 Å². The Morgan fingerprint density at radius 3 is 2.40 bits per heavy atom. The van der Waals surface area contributed by atoms with Gasteiger partial charge in [-0.2, -0.15) is 5.26 Å². The third-order valence-corrected chi connectivity index (χ3v) is 1.54. The lowest BCUT2D eigenvalue weighted by Gasteiger charge is -2.29. The highest BCUT2D eigenvalue weighted by molar-refractivity contribution is 6.15. The highest BCUT2D eigenvalue weighted by Gasteiger charge is 2.38. The normalized spacial score (nSPS) is 18.6. The second-order valence-electron chi connectivity index (χ2n) is 3.28. The molecule has 0 aliphatic carbocycles. The summed E-state index contributed by atoms with van der Waals surface area (Å²) in [4.78, 5) is 22.6. The lowest BCUT2D eigenvalue weighted by molar-refractivity contribution is -0.222. The van der Waals surface area contributed by atoms with Gasteiger partial charge in [-0.3, -0.25) is 0 Å². The third kappa shape index (κ3) is 2.71. The molecule has 6 nitrogen and oxygen atoms in total. The van der Waals surface area contributed by atoms with Gasteiger partial charge in [0, 0.05) is 20.0 Å². The van der Waals surface area contributed by atoms with Crippen LogP contribution in [0.25, 0.3) is 0 Å². The number of hydrogen-bond donors (Lipinski definition) is 1. The number of carbonyl (C=O) groups is 2. The van der Waals surface area contributed by atoms with Gasteiger partial charge in [-0.15, -0.1) is 0 Å². The lowest BCUT2D eigenvalue weighted by Crippen LogP contribution is -2.42. The molecule has 1 aliphatic rings. The summed E-state index contributed by atoms with van der Waals surface area (Å²) in [5, 5.41) is 10.7. The van der Waals surface area contributed by atoms with Gasteiger partial charge in [0.2, 0.25) is 0 Å². The molecule has 80 valence electrons. The largest absolute Gasteiger partial charge is 0.419 e. The number of ether oxygens (including phenoxy) is 2. The first-order valence-electron chi connectivity index (χ1n) is 4.23. The maximum atomic E-state index is 11.3. The van der Waals surface area contributed by atoms with Gasteiger partial charge in [0.1, 0.15) is 6.54 Å². The first kappa shape index (κ1) is 11.0. The average molecular weight is 210 g/mol. The van der Waals surface area contributed by atoms with E-state index in [0.717, 1.165) is 6.20 Å². The molecule has 0 atom stereocenters. The van der Waals surface area contributed by atoms with Crippen molar-refractivity contribution in [1.82, 2.24) is 5.32 Å². The first-order valence-corrected chi connectivity index (χ1v) is 4.23. The van der Waals surface area contributed by atoms with Crippen LogP contribution in [0.3, 0.4) is 0 Å². The SMILES string of the molecule is CC1(C)OC(=O)C(=CNCC#N)C(=O)O1. The van der Waals surface area contributed by atoms with Crippen LogP contribution in [-0.4, -0.2) is 24.3 Å². The third-order valence-electron chi connectivity index (χ3n) is 1.54.